The van der Waals surface area contributed by atoms with Gasteiger partial charge in [-0.05, 0) is 26.9 Å². The second kappa shape index (κ2) is 15.6. The largest absolute Gasteiger partial charge is 0.481 e. The molecule has 0 radical (unpaired) electrons. The van der Waals surface area contributed by atoms with E-state index in [4.69, 9.17) is 16.3 Å². The van der Waals surface area contributed by atoms with Gasteiger partial charge in [-0.3, -0.25) is 9.69 Å². The van der Waals surface area contributed by atoms with Gasteiger partial charge >= 0.3 is 0 Å². The van der Waals surface area contributed by atoms with Crippen molar-refractivity contribution in [2.24, 2.45) is 0 Å². The molecule has 0 unspecified atom stereocenters. The minimum absolute atomic E-state index is 0.833. The molecule has 102 valence electrons. The highest BCUT2D eigenvalue weighted by atomic mass is 16.4. The fourth-order valence-corrected chi connectivity index (χ4v) is 1.10. The lowest BCUT2D eigenvalue weighted by molar-refractivity contribution is -0.134. The molecule has 3 heteroatoms. The highest BCUT2D eigenvalue weighted by Crippen LogP contribution is 2.03. The first kappa shape index (κ1) is 18.9. The van der Waals surface area contributed by atoms with Crippen molar-refractivity contribution in [3.63, 3.8) is 0 Å². The average molecular weight is 251 g/mol. The fourth-order valence-electron chi connectivity index (χ4n) is 1.10. The summed E-state index contributed by atoms with van der Waals surface area (Å²) >= 11 is 0. The Morgan fingerprint density at radius 1 is 1.11 bits per heavy atom. The van der Waals surface area contributed by atoms with E-state index in [0.29, 0.717) is 0 Å². The molecule has 3 nitrogen and oxygen atoms in total. The van der Waals surface area contributed by atoms with Gasteiger partial charge in [0, 0.05) is 19.8 Å². The van der Waals surface area contributed by atoms with Gasteiger partial charge in [0.1, 0.15) is 0 Å². The van der Waals surface area contributed by atoms with E-state index in [1.54, 1.807) is 0 Å². The topological polar surface area (TPSA) is 40.5 Å². The summed E-state index contributed by atoms with van der Waals surface area (Å²) in [4.78, 5) is 11.1. The van der Waals surface area contributed by atoms with Crippen LogP contribution in [0.3, 0.4) is 0 Å². The maximum Gasteiger partial charge on any atom is 0.300 e. The third-order valence-corrected chi connectivity index (χ3v) is 1.89. The number of rotatable bonds is 6. The van der Waals surface area contributed by atoms with Gasteiger partial charge in [-0.25, -0.2) is 0 Å². The number of aliphatic carboxylic acids is 1. The molecular weight excluding hydrogens is 226 g/mol. The lowest BCUT2D eigenvalue weighted by Crippen LogP contribution is -2.10. The van der Waals surface area contributed by atoms with Crippen molar-refractivity contribution in [1.82, 2.24) is 4.90 Å². The number of terminal acetylenes is 1. The summed E-state index contributed by atoms with van der Waals surface area (Å²) in [6.07, 6.45) is 12.0. The Kier molecular flexibility index (Phi) is 16.3. The third kappa shape index (κ3) is 29.3. The van der Waals surface area contributed by atoms with Crippen molar-refractivity contribution in [1.29, 1.82) is 0 Å². The van der Waals surface area contributed by atoms with Crippen LogP contribution in [0, 0.1) is 24.2 Å². The van der Waals surface area contributed by atoms with Gasteiger partial charge < -0.3 is 5.11 Å². The molecule has 0 saturated heterocycles. The SMILES string of the molecule is C#CCCCCCCC#CCN(C)C.CC(=O)O. The molecular formula is C15H25NO2. The van der Waals surface area contributed by atoms with Crippen LogP contribution >= 0.6 is 0 Å². The Balaban J connectivity index is 0. The number of carboxylic acid groups (broad SMARTS) is 1. The third-order valence-electron chi connectivity index (χ3n) is 1.89. The van der Waals surface area contributed by atoms with E-state index >= 15 is 0 Å². The summed E-state index contributed by atoms with van der Waals surface area (Å²) < 4.78 is 0. The van der Waals surface area contributed by atoms with E-state index in [2.05, 4.69) is 22.7 Å². The number of carboxylic acids is 1. The first-order chi connectivity index (χ1) is 8.50. The molecule has 0 aromatic rings. The van der Waals surface area contributed by atoms with Gasteiger partial charge in [-0.2, -0.15) is 0 Å². The zero-order valence-electron chi connectivity index (χ0n) is 11.8. The molecule has 18 heavy (non-hydrogen) atoms. The monoisotopic (exact) mass is 251 g/mol. The van der Waals surface area contributed by atoms with E-state index in [-0.39, 0.29) is 0 Å². The van der Waals surface area contributed by atoms with Crippen LogP contribution in [0.5, 0.6) is 0 Å². The number of nitrogens with zero attached hydrogens (tertiary/aromatic N) is 1. The van der Waals surface area contributed by atoms with Crippen LogP contribution < -0.4 is 0 Å². The van der Waals surface area contributed by atoms with Gasteiger partial charge in [-0.15, -0.1) is 18.3 Å². The summed E-state index contributed by atoms with van der Waals surface area (Å²) in [6.45, 7) is 1.96. The molecule has 1 N–H and O–H groups in total. The number of hydrogen-bond acceptors (Lipinski definition) is 2. The molecule has 0 aliphatic rings. The van der Waals surface area contributed by atoms with E-state index in [0.717, 1.165) is 26.3 Å². The van der Waals surface area contributed by atoms with Crippen LogP contribution in [0.1, 0.15) is 45.4 Å². The maximum atomic E-state index is 9.00. The van der Waals surface area contributed by atoms with E-state index in [1.165, 1.54) is 25.7 Å². The van der Waals surface area contributed by atoms with Crippen LogP contribution in [0.15, 0.2) is 0 Å². The van der Waals surface area contributed by atoms with Crippen LogP contribution in [0.25, 0.3) is 0 Å². The molecule has 0 fully saturated rings. The zero-order valence-corrected chi connectivity index (χ0v) is 11.8. The number of carbonyl (C=O) groups is 1. The van der Waals surface area contributed by atoms with Gasteiger partial charge in [0.15, 0.2) is 0 Å². The van der Waals surface area contributed by atoms with Crippen molar-refractivity contribution in [3.8, 4) is 24.2 Å². The highest BCUT2D eigenvalue weighted by molar-refractivity contribution is 5.62. The Morgan fingerprint density at radius 3 is 2.06 bits per heavy atom. The molecule has 0 aliphatic heterocycles. The molecule has 0 spiro atoms. The zero-order chi connectivity index (χ0) is 14.2. The summed E-state index contributed by atoms with van der Waals surface area (Å²) in [5, 5.41) is 7.42. The standard InChI is InChI=1S/C13H21N.C2H4O2/c1-4-5-6-7-8-9-10-11-12-13-14(2)3;1-2(3)4/h1H,5-10,13H2,2-3H3;1H3,(H,3,4). The molecule has 0 atom stereocenters. The molecule has 0 rings (SSSR count). The van der Waals surface area contributed by atoms with Crippen LogP contribution in [-0.2, 0) is 4.79 Å². The predicted octanol–water partition coefficient (Wildman–Crippen LogP) is 2.62. The molecule has 0 bridgehead atoms. The summed E-state index contributed by atoms with van der Waals surface area (Å²) in [5.41, 5.74) is 0. The van der Waals surface area contributed by atoms with E-state index < -0.39 is 5.97 Å². The minimum atomic E-state index is -0.833. The van der Waals surface area contributed by atoms with E-state index in [1.807, 2.05) is 14.1 Å². The van der Waals surface area contributed by atoms with Crippen molar-refractivity contribution in [2.75, 3.05) is 20.6 Å². The summed E-state index contributed by atoms with van der Waals surface area (Å²) in [5.74, 6) is 8.13. The molecule has 0 aromatic carbocycles. The van der Waals surface area contributed by atoms with Crippen molar-refractivity contribution in [2.45, 2.75) is 45.4 Å². The van der Waals surface area contributed by atoms with Crippen LogP contribution in [0.2, 0.25) is 0 Å². The van der Waals surface area contributed by atoms with Gasteiger partial charge in [0.05, 0.1) is 6.54 Å². The maximum absolute atomic E-state index is 9.00. The van der Waals surface area contributed by atoms with Gasteiger partial charge in [0.25, 0.3) is 5.97 Å². The average Bonchev–Trinajstić information content (AvgIpc) is 2.26. The number of unbranched alkanes of at least 4 members (excludes halogenated alkanes) is 5. The lowest BCUT2D eigenvalue weighted by atomic mass is 10.1. The van der Waals surface area contributed by atoms with Crippen molar-refractivity contribution < 1.29 is 9.90 Å². The van der Waals surface area contributed by atoms with Gasteiger partial charge in [-0.1, -0.05) is 18.8 Å². The normalized spacial score (nSPS) is 8.61. The molecule has 0 saturated carbocycles. The molecule has 0 aliphatic carbocycles. The fraction of sp³-hybridized carbons (Fsp3) is 0.667. The van der Waals surface area contributed by atoms with Gasteiger partial charge in [0.2, 0.25) is 0 Å². The number of hydrogen-bond donors (Lipinski definition) is 1. The highest BCUT2D eigenvalue weighted by Gasteiger charge is 1.87. The van der Waals surface area contributed by atoms with Crippen molar-refractivity contribution >= 4 is 5.97 Å². The summed E-state index contributed by atoms with van der Waals surface area (Å²) in [7, 11) is 4.07. The lowest BCUT2D eigenvalue weighted by Gasteiger charge is -2.00. The molecule has 0 aromatic heterocycles. The second-order valence-corrected chi connectivity index (χ2v) is 4.23. The first-order valence-corrected chi connectivity index (χ1v) is 6.24. The Bertz CT molecular complexity index is 288. The summed E-state index contributed by atoms with van der Waals surface area (Å²) in [6, 6.07) is 0. The minimum Gasteiger partial charge on any atom is -0.481 e. The Labute approximate surface area is 112 Å². The smallest absolute Gasteiger partial charge is 0.300 e. The van der Waals surface area contributed by atoms with Crippen LogP contribution in [0.4, 0.5) is 0 Å². The Morgan fingerprint density at radius 2 is 1.61 bits per heavy atom. The Hall–Kier alpha value is -1.45. The second-order valence-electron chi connectivity index (χ2n) is 4.23. The quantitative estimate of drug-likeness (QED) is 0.583. The van der Waals surface area contributed by atoms with Crippen LogP contribution in [-0.4, -0.2) is 36.6 Å². The molecule has 0 heterocycles. The first-order valence-electron chi connectivity index (χ1n) is 6.24. The van der Waals surface area contributed by atoms with E-state index in [9.17, 15) is 0 Å². The predicted molar refractivity (Wildman–Crippen MR) is 76.2 cm³/mol. The van der Waals surface area contributed by atoms with Crippen molar-refractivity contribution in [3.05, 3.63) is 0 Å². The molecule has 0 amide bonds.